The number of hydrogen-bond acceptors (Lipinski definition) is 20. The topological polar surface area (TPSA) is 465 Å². The first-order valence-electron chi connectivity index (χ1n) is 10.6. The van der Waals surface area contributed by atoms with Crippen LogP contribution in [0.25, 0.3) is 0 Å². The lowest BCUT2D eigenvalue weighted by molar-refractivity contribution is -0.503. The number of hydrogen-bond donors (Lipinski definition) is 10. The predicted molar refractivity (Wildman–Crippen MR) is 143 cm³/mol. The molecule has 11 unspecified atom stereocenters. The molecule has 0 saturated carbocycles. The standard InChI is InChI=1S/C9H10O30P10/c1-4(2)5(3,30-40(10)11)6(31-41(12)13,32-42(14)15)7(33-43(16)17,34-44(18)19)8(35-45(20)21,36-46(22)23)9(37-47(24)25,38-48(26)27)39-49(28)29/h4H,1-3H3/p+10. The highest BCUT2D eigenvalue weighted by molar-refractivity contribution is 7.35. The fraction of sp³-hybridized carbons (Fsp3) is 1.00. The summed E-state index contributed by atoms with van der Waals surface area (Å²) in [6.45, 7) is 1.68. The Morgan fingerprint density at radius 3 is 0.755 bits per heavy atom. The molecule has 0 spiro atoms. The highest BCUT2D eigenvalue weighted by atomic mass is 31.2. The zero-order valence-electron chi connectivity index (χ0n) is 23.2. The molecule has 0 bridgehead atoms. The van der Waals surface area contributed by atoms with E-state index >= 15 is 0 Å². The third kappa shape index (κ3) is 12.1. The molecular weight excluding hydrogens is 898 g/mol. The average Bonchev–Trinajstić information content (AvgIpc) is 2.83. The maximum atomic E-state index is 12.5. The normalized spacial score (nSPS) is 21.3. The van der Waals surface area contributed by atoms with Crippen molar-refractivity contribution in [3.8, 4) is 0 Å². The van der Waals surface area contributed by atoms with Crippen LogP contribution in [-0.2, 0) is 90.9 Å². The molecule has 0 aromatic heterocycles. The van der Waals surface area contributed by atoms with Crippen molar-refractivity contribution >= 4 is 82.5 Å². The van der Waals surface area contributed by atoms with Crippen LogP contribution in [0.2, 0.25) is 0 Å². The molecule has 0 aliphatic heterocycles. The van der Waals surface area contributed by atoms with Crippen LogP contribution in [0.1, 0.15) is 20.8 Å². The van der Waals surface area contributed by atoms with Crippen molar-refractivity contribution in [3.05, 3.63) is 0 Å². The van der Waals surface area contributed by atoms with E-state index < -0.39 is 117 Å². The molecule has 40 heteroatoms. The van der Waals surface area contributed by atoms with Crippen molar-refractivity contribution in [3.63, 3.8) is 0 Å². The molecule has 0 amide bonds. The van der Waals surface area contributed by atoms with Gasteiger partial charge < -0.3 is 0 Å². The fourth-order valence-electron chi connectivity index (χ4n) is 3.48. The van der Waals surface area contributed by atoms with Gasteiger partial charge in [0.15, 0.2) is 5.60 Å². The van der Waals surface area contributed by atoms with Gasteiger partial charge in [-0.3, -0.25) is 0 Å². The third-order valence-electron chi connectivity index (χ3n) is 5.13. The lowest BCUT2D eigenvalue weighted by atomic mass is 9.76. The molecule has 0 fully saturated rings. The first-order valence-corrected chi connectivity index (χ1v) is 21.9. The van der Waals surface area contributed by atoms with Crippen LogP contribution in [0.15, 0.2) is 0 Å². The molecule has 0 aliphatic carbocycles. The molecule has 0 saturated heterocycles. The minimum absolute atomic E-state index is 0.216. The zero-order valence-corrected chi connectivity index (χ0v) is 32.1. The maximum absolute atomic E-state index is 12.5. The van der Waals surface area contributed by atoms with E-state index in [4.69, 9.17) is 4.52 Å². The van der Waals surface area contributed by atoms with Crippen LogP contribution >= 0.6 is 82.5 Å². The molecule has 49 heavy (non-hydrogen) atoms. The summed E-state index contributed by atoms with van der Waals surface area (Å²) in [5.74, 6) is -23.7. The average molecular weight is 918 g/mol. The molecule has 0 rings (SSSR count). The SMILES string of the molecule is CC(C)C(C)(O[P+](=O)O)C(O[P+](=O)O)(O[P+](=O)O)C(O[P+](=O)O)(O[P+](=O)O)C(O[P+](=O)O)(O[P+](=O)O)C(O[P+](=O)O)(O[P+](=O)O)O[P+](=O)O. The van der Waals surface area contributed by atoms with E-state index in [0.29, 0.717) is 0 Å². The van der Waals surface area contributed by atoms with Gasteiger partial charge in [-0.05, 0) is 26.4 Å². The Morgan fingerprint density at radius 1 is 0.347 bits per heavy atom. The predicted octanol–water partition coefficient (Wildman–Crippen LogP) is 1.81. The van der Waals surface area contributed by atoms with Crippen molar-refractivity contribution in [1.29, 1.82) is 0 Å². The molecule has 11 atom stereocenters. The highest BCUT2D eigenvalue weighted by Gasteiger charge is 3.03. The van der Waals surface area contributed by atoms with Gasteiger partial charge in [0, 0.05) is 45.7 Å². The van der Waals surface area contributed by atoms with Gasteiger partial charge in [0.1, 0.15) is 0 Å². The second-order valence-electron chi connectivity index (χ2n) is 7.96. The Morgan fingerprint density at radius 2 is 0.551 bits per heavy atom. The Balaban J connectivity index is 10.2. The van der Waals surface area contributed by atoms with Crippen LogP contribution in [0.3, 0.4) is 0 Å². The zero-order chi connectivity index (χ0) is 38.9. The second kappa shape index (κ2) is 20.0. The van der Waals surface area contributed by atoms with E-state index in [0.717, 1.165) is 13.8 Å². The van der Waals surface area contributed by atoms with Gasteiger partial charge in [0.2, 0.25) is 0 Å². The van der Waals surface area contributed by atoms with Crippen molar-refractivity contribution in [2.75, 3.05) is 0 Å². The molecule has 10 N–H and O–H groups in total. The molecule has 276 valence electrons. The lowest BCUT2D eigenvalue weighted by Crippen LogP contribution is -2.83. The molecular formula is C9H20O30P10+10. The highest BCUT2D eigenvalue weighted by Crippen LogP contribution is 2.68. The fourth-order valence-corrected chi connectivity index (χ4v) is 8.78. The molecule has 0 aromatic rings. The Bertz CT molecular complexity index is 1300. The van der Waals surface area contributed by atoms with E-state index in [1.54, 1.807) is 0 Å². The first-order chi connectivity index (χ1) is 22.1. The monoisotopic (exact) mass is 918 g/mol. The largest absolute Gasteiger partial charge is 0.700 e. The van der Waals surface area contributed by atoms with Crippen molar-refractivity contribution in [2.45, 2.75) is 49.7 Å². The van der Waals surface area contributed by atoms with Gasteiger partial charge in [-0.2, -0.15) is 0 Å². The maximum Gasteiger partial charge on any atom is 0.700 e. The van der Waals surface area contributed by atoms with Gasteiger partial charge >= 0.3 is 106 Å². The summed E-state index contributed by atoms with van der Waals surface area (Å²) in [6.07, 6.45) is 0. The van der Waals surface area contributed by atoms with Crippen LogP contribution in [0.4, 0.5) is 0 Å². The van der Waals surface area contributed by atoms with E-state index in [1.165, 1.54) is 0 Å². The smallest absolute Gasteiger partial charge is 0.133 e. The molecule has 30 nitrogen and oxygen atoms in total. The summed E-state index contributed by atoms with van der Waals surface area (Å²) < 4.78 is 166. The summed E-state index contributed by atoms with van der Waals surface area (Å²) in [7, 11) is -48.8. The van der Waals surface area contributed by atoms with Crippen molar-refractivity contribution in [2.24, 2.45) is 5.92 Å². The minimum atomic E-state index is -5.67. The van der Waals surface area contributed by atoms with E-state index in [9.17, 15) is 94.6 Å². The Hall–Kier alpha value is 0.200. The van der Waals surface area contributed by atoms with Crippen LogP contribution in [0, 0.1) is 5.92 Å². The summed E-state index contributed by atoms with van der Waals surface area (Å²) in [5.41, 5.74) is -3.76. The van der Waals surface area contributed by atoms with Crippen LogP contribution in [-0.4, -0.2) is 77.9 Å². The number of rotatable bonds is 25. The molecule has 0 heterocycles. The molecule has 0 aliphatic rings. The summed E-state index contributed by atoms with van der Waals surface area (Å²) in [4.78, 5) is 97.8. The van der Waals surface area contributed by atoms with E-state index in [-0.39, 0.29) is 6.92 Å². The van der Waals surface area contributed by atoms with Gasteiger partial charge in [-0.15, -0.1) is 53.5 Å². The van der Waals surface area contributed by atoms with E-state index in [2.05, 4.69) is 40.7 Å². The lowest BCUT2D eigenvalue weighted by Gasteiger charge is -2.46. The van der Waals surface area contributed by atoms with Gasteiger partial charge in [0.05, 0.1) is 0 Å². The molecule has 0 radical (unpaired) electrons. The summed E-state index contributed by atoms with van der Waals surface area (Å²) in [5, 5.41) is 0. The van der Waals surface area contributed by atoms with Crippen molar-refractivity contribution < 1.29 is 140 Å². The van der Waals surface area contributed by atoms with Crippen LogP contribution in [0.5, 0.6) is 0 Å². The van der Waals surface area contributed by atoms with Gasteiger partial charge in [-0.25, -0.2) is 0 Å². The first kappa shape index (κ1) is 49.2. The molecule has 0 aromatic carbocycles. The third-order valence-corrected chi connectivity index (χ3v) is 9.33. The van der Waals surface area contributed by atoms with Crippen LogP contribution < -0.4 is 0 Å². The summed E-state index contributed by atoms with van der Waals surface area (Å²) >= 11 is 0. The van der Waals surface area contributed by atoms with E-state index in [1.807, 2.05) is 0 Å². The Labute approximate surface area is 278 Å². The minimum Gasteiger partial charge on any atom is -0.133 e. The van der Waals surface area contributed by atoms with Crippen molar-refractivity contribution in [1.82, 2.24) is 0 Å². The second-order valence-corrected chi connectivity index (χ2v) is 14.5. The quantitative estimate of drug-likeness (QED) is 0.0461. The van der Waals surface area contributed by atoms with Gasteiger partial charge in [-0.1, -0.05) is 41.0 Å². The Kier molecular flexibility index (Phi) is 20.1. The van der Waals surface area contributed by atoms with Gasteiger partial charge in [0.25, 0.3) is 0 Å². The summed E-state index contributed by atoms with van der Waals surface area (Å²) in [6, 6.07) is 0.